The van der Waals surface area contributed by atoms with Crippen LogP contribution < -0.4 is 5.32 Å². The van der Waals surface area contributed by atoms with E-state index in [9.17, 15) is 4.79 Å². The molecule has 0 spiro atoms. The predicted molar refractivity (Wildman–Crippen MR) is 60.4 cm³/mol. The minimum atomic E-state index is -0.252. The molecule has 0 heterocycles. The van der Waals surface area contributed by atoms with Crippen molar-refractivity contribution in [3.8, 4) is 0 Å². The van der Waals surface area contributed by atoms with Gasteiger partial charge in [-0.05, 0) is 26.7 Å². The van der Waals surface area contributed by atoms with E-state index in [1.54, 1.807) is 0 Å². The molecule has 1 saturated carbocycles. The van der Waals surface area contributed by atoms with Crippen LogP contribution in [-0.2, 0) is 9.53 Å². The molecule has 0 aromatic carbocycles. The summed E-state index contributed by atoms with van der Waals surface area (Å²) in [6.45, 7) is 4.17. The van der Waals surface area contributed by atoms with Crippen molar-refractivity contribution in [2.45, 2.75) is 52.0 Å². The molecule has 0 atom stereocenters. The second kappa shape index (κ2) is 6.49. The monoisotopic (exact) mass is 211 g/mol. The first kappa shape index (κ1) is 12.1. The van der Waals surface area contributed by atoms with E-state index >= 15 is 0 Å². The maximum atomic E-state index is 11.2. The first-order valence-electron chi connectivity index (χ1n) is 5.84. The van der Waals surface area contributed by atoms with Gasteiger partial charge in [-0.2, -0.15) is 0 Å². The highest BCUT2D eigenvalue weighted by Crippen LogP contribution is 2.18. The summed E-state index contributed by atoms with van der Waals surface area (Å²) in [4.78, 5) is 11.2. The van der Waals surface area contributed by atoms with Gasteiger partial charge >= 0.3 is 5.97 Å². The number of ether oxygens (including phenoxy) is 1. The van der Waals surface area contributed by atoms with Gasteiger partial charge in [-0.1, -0.05) is 19.3 Å². The highest BCUT2D eigenvalue weighted by Gasteiger charge is 2.12. The zero-order chi connectivity index (χ0) is 11.1. The predicted octanol–water partition coefficient (Wildman–Crippen LogP) is 2.38. The summed E-state index contributed by atoms with van der Waals surface area (Å²) in [5.41, 5.74) is 0.917. The van der Waals surface area contributed by atoms with Gasteiger partial charge in [-0.25, -0.2) is 4.79 Å². The lowest BCUT2D eigenvalue weighted by molar-refractivity contribution is -0.137. The molecule has 1 N–H and O–H groups in total. The van der Waals surface area contributed by atoms with Crippen molar-refractivity contribution in [3.05, 3.63) is 11.8 Å². The molecule has 1 aliphatic rings. The summed E-state index contributed by atoms with van der Waals surface area (Å²) in [5, 5.41) is 3.37. The lowest BCUT2D eigenvalue weighted by Gasteiger charge is -2.23. The Hall–Kier alpha value is -0.990. The van der Waals surface area contributed by atoms with Crippen LogP contribution in [0.2, 0.25) is 0 Å². The van der Waals surface area contributed by atoms with Crippen LogP contribution in [0.15, 0.2) is 11.8 Å². The van der Waals surface area contributed by atoms with Gasteiger partial charge in [-0.15, -0.1) is 0 Å². The number of hydrogen-bond acceptors (Lipinski definition) is 3. The van der Waals surface area contributed by atoms with E-state index in [0.717, 1.165) is 5.70 Å². The molecule has 0 bridgehead atoms. The van der Waals surface area contributed by atoms with Gasteiger partial charge in [0.25, 0.3) is 0 Å². The Labute approximate surface area is 91.9 Å². The van der Waals surface area contributed by atoms with E-state index < -0.39 is 0 Å². The van der Waals surface area contributed by atoms with Crippen LogP contribution >= 0.6 is 0 Å². The third kappa shape index (κ3) is 4.86. The number of rotatable bonds is 4. The Kier molecular flexibility index (Phi) is 5.22. The van der Waals surface area contributed by atoms with Gasteiger partial charge in [0.1, 0.15) is 0 Å². The van der Waals surface area contributed by atoms with E-state index in [1.165, 1.54) is 38.2 Å². The number of hydrogen-bond donors (Lipinski definition) is 1. The zero-order valence-corrected chi connectivity index (χ0v) is 9.71. The highest BCUT2D eigenvalue weighted by atomic mass is 16.5. The average molecular weight is 211 g/mol. The zero-order valence-electron chi connectivity index (χ0n) is 9.71. The molecule has 1 fully saturated rings. The summed E-state index contributed by atoms with van der Waals surface area (Å²) in [5.74, 6) is -0.252. The molecule has 1 aliphatic carbocycles. The Balaban J connectivity index is 2.32. The number of esters is 1. The number of nitrogens with one attached hydrogen (secondary N) is 1. The van der Waals surface area contributed by atoms with Crippen molar-refractivity contribution >= 4 is 5.97 Å². The van der Waals surface area contributed by atoms with Crippen LogP contribution in [0.1, 0.15) is 46.0 Å². The fourth-order valence-electron chi connectivity index (χ4n) is 1.97. The third-order valence-electron chi connectivity index (χ3n) is 2.66. The largest absolute Gasteiger partial charge is 0.463 e. The fraction of sp³-hybridized carbons (Fsp3) is 0.750. The molecule has 0 aromatic heterocycles. The van der Waals surface area contributed by atoms with Crippen molar-refractivity contribution in [1.29, 1.82) is 0 Å². The molecule has 0 saturated heterocycles. The van der Waals surface area contributed by atoms with Gasteiger partial charge in [0, 0.05) is 17.8 Å². The van der Waals surface area contributed by atoms with Crippen molar-refractivity contribution < 1.29 is 9.53 Å². The molecule has 0 unspecified atom stereocenters. The van der Waals surface area contributed by atoms with Gasteiger partial charge in [0.05, 0.1) is 6.61 Å². The molecular formula is C12H21NO2. The van der Waals surface area contributed by atoms with Crippen LogP contribution in [0.5, 0.6) is 0 Å². The molecule has 0 amide bonds. The van der Waals surface area contributed by atoms with Crippen molar-refractivity contribution in [1.82, 2.24) is 5.32 Å². The quantitative estimate of drug-likeness (QED) is 0.573. The SMILES string of the molecule is CCOC(=O)C=C(C)NC1CCCCC1. The van der Waals surface area contributed by atoms with Crippen molar-refractivity contribution in [2.75, 3.05) is 6.61 Å². The lowest BCUT2D eigenvalue weighted by Crippen LogP contribution is -2.29. The Morgan fingerprint density at radius 1 is 1.40 bits per heavy atom. The summed E-state index contributed by atoms with van der Waals surface area (Å²) < 4.78 is 4.85. The third-order valence-corrected chi connectivity index (χ3v) is 2.66. The molecule has 3 nitrogen and oxygen atoms in total. The average Bonchev–Trinajstić information content (AvgIpc) is 2.19. The maximum absolute atomic E-state index is 11.2. The van der Waals surface area contributed by atoms with Crippen LogP contribution in [0.3, 0.4) is 0 Å². The summed E-state index contributed by atoms with van der Waals surface area (Å²) in [6.07, 6.45) is 7.91. The first-order valence-corrected chi connectivity index (χ1v) is 5.84. The van der Waals surface area contributed by atoms with Crippen LogP contribution in [0.4, 0.5) is 0 Å². The Morgan fingerprint density at radius 3 is 2.67 bits per heavy atom. The van der Waals surface area contributed by atoms with Crippen LogP contribution in [0.25, 0.3) is 0 Å². The minimum Gasteiger partial charge on any atom is -0.463 e. The Morgan fingerprint density at radius 2 is 2.07 bits per heavy atom. The molecule has 86 valence electrons. The van der Waals surface area contributed by atoms with Gasteiger partial charge in [0.15, 0.2) is 0 Å². The van der Waals surface area contributed by atoms with E-state index in [1.807, 2.05) is 13.8 Å². The van der Waals surface area contributed by atoms with E-state index in [2.05, 4.69) is 5.32 Å². The molecule has 15 heavy (non-hydrogen) atoms. The van der Waals surface area contributed by atoms with Gasteiger partial charge in [0.2, 0.25) is 0 Å². The van der Waals surface area contributed by atoms with Gasteiger partial charge in [-0.3, -0.25) is 0 Å². The van der Waals surface area contributed by atoms with Crippen LogP contribution in [0, 0.1) is 0 Å². The van der Waals surface area contributed by atoms with Gasteiger partial charge < -0.3 is 10.1 Å². The molecule has 3 heteroatoms. The Bertz CT molecular complexity index is 230. The maximum Gasteiger partial charge on any atom is 0.332 e. The van der Waals surface area contributed by atoms with E-state index in [-0.39, 0.29) is 5.97 Å². The summed E-state index contributed by atoms with van der Waals surface area (Å²) in [7, 11) is 0. The summed E-state index contributed by atoms with van der Waals surface area (Å²) >= 11 is 0. The second-order valence-electron chi connectivity index (χ2n) is 4.06. The first-order chi connectivity index (χ1) is 7.22. The lowest BCUT2D eigenvalue weighted by atomic mass is 9.95. The molecule has 0 aliphatic heterocycles. The smallest absolute Gasteiger partial charge is 0.332 e. The second-order valence-corrected chi connectivity index (χ2v) is 4.06. The number of carbonyl (C=O) groups is 1. The number of allylic oxidation sites excluding steroid dienone is 1. The normalized spacial score (nSPS) is 18.7. The standard InChI is InChI=1S/C12H21NO2/c1-3-15-12(14)9-10(2)13-11-7-5-4-6-8-11/h9,11,13H,3-8H2,1-2H3. The van der Waals surface area contributed by atoms with Crippen molar-refractivity contribution in [2.24, 2.45) is 0 Å². The highest BCUT2D eigenvalue weighted by molar-refractivity contribution is 5.82. The van der Waals surface area contributed by atoms with Crippen molar-refractivity contribution in [3.63, 3.8) is 0 Å². The van der Waals surface area contributed by atoms with E-state index in [4.69, 9.17) is 4.74 Å². The minimum absolute atomic E-state index is 0.252. The molecule has 0 radical (unpaired) electrons. The summed E-state index contributed by atoms with van der Waals surface area (Å²) in [6, 6.07) is 0.546. The van der Waals surface area contributed by atoms with Crippen LogP contribution in [-0.4, -0.2) is 18.6 Å². The molecule has 1 rings (SSSR count). The number of carbonyl (C=O) groups excluding carboxylic acids is 1. The molecular weight excluding hydrogens is 190 g/mol. The molecule has 0 aromatic rings. The topological polar surface area (TPSA) is 38.3 Å². The van der Waals surface area contributed by atoms with E-state index in [0.29, 0.717) is 12.6 Å². The fourth-order valence-corrected chi connectivity index (χ4v) is 1.97.